The topological polar surface area (TPSA) is 21.3 Å². The summed E-state index contributed by atoms with van der Waals surface area (Å²) in [5.74, 6) is 0. The number of nitrogens with one attached hydrogen (secondary N) is 1. The molecule has 0 fully saturated rings. The van der Waals surface area contributed by atoms with Gasteiger partial charge in [0.25, 0.3) is 0 Å². The molecule has 2 nitrogen and oxygen atoms in total. The van der Waals surface area contributed by atoms with Crippen LogP contribution in [0, 0.1) is 0 Å². The molecule has 2 rings (SSSR count). The maximum absolute atomic E-state index is 6.33. The number of hydrogen-bond donors (Lipinski definition) is 1. The zero-order valence-corrected chi connectivity index (χ0v) is 14.1. The lowest BCUT2D eigenvalue weighted by molar-refractivity contribution is 0.199. The van der Waals surface area contributed by atoms with E-state index in [0.717, 1.165) is 38.5 Å². The van der Waals surface area contributed by atoms with Crippen molar-refractivity contribution < 1.29 is 4.74 Å². The molecule has 0 aliphatic heterocycles. The smallest absolute Gasteiger partial charge is 0.0587 e. The van der Waals surface area contributed by atoms with E-state index in [1.807, 2.05) is 36.4 Å². The lowest BCUT2D eigenvalue weighted by Crippen LogP contribution is -2.19. The van der Waals surface area contributed by atoms with Gasteiger partial charge in [0.2, 0.25) is 0 Å². The molecule has 0 amide bonds. The Labute approximate surface area is 139 Å². The molecule has 0 unspecified atom stereocenters. The molecular formula is C16H17Cl2NOS. The van der Waals surface area contributed by atoms with E-state index in [1.165, 1.54) is 0 Å². The van der Waals surface area contributed by atoms with Crippen molar-refractivity contribution in [3.05, 3.63) is 58.1 Å². The van der Waals surface area contributed by atoms with E-state index in [1.54, 1.807) is 18.9 Å². The van der Waals surface area contributed by atoms with E-state index in [9.17, 15) is 0 Å². The molecule has 0 spiro atoms. The number of hydrogen-bond acceptors (Lipinski definition) is 3. The Morgan fingerprint density at radius 3 is 2.57 bits per heavy atom. The van der Waals surface area contributed by atoms with Gasteiger partial charge in [-0.15, -0.1) is 0 Å². The molecule has 5 heteroatoms. The third kappa shape index (κ3) is 5.20. The molecule has 1 N–H and O–H groups in total. The molecule has 0 aliphatic carbocycles. The van der Waals surface area contributed by atoms with Crippen molar-refractivity contribution in [2.45, 2.75) is 16.3 Å². The third-order valence-corrected chi connectivity index (χ3v) is 4.62. The van der Waals surface area contributed by atoms with Crippen LogP contribution in [0.25, 0.3) is 0 Å². The van der Waals surface area contributed by atoms with Crippen molar-refractivity contribution in [1.82, 2.24) is 5.32 Å². The van der Waals surface area contributed by atoms with E-state index >= 15 is 0 Å². The highest BCUT2D eigenvalue weighted by atomic mass is 35.5. The van der Waals surface area contributed by atoms with Crippen LogP contribution < -0.4 is 5.32 Å². The Morgan fingerprint density at radius 2 is 1.86 bits per heavy atom. The average molecular weight is 342 g/mol. The van der Waals surface area contributed by atoms with Crippen LogP contribution in [-0.4, -0.2) is 20.3 Å². The zero-order chi connectivity index (χ0) is 15.1. The van der Waals surface area contributed by atoms with Gasteiger partial charge in [-0.25, -0.2) is 0 Å². The van der Waals surface area contributed by atoms with Crippen LogP contribution >= 0.6 is 35.0 Å². The predicted molar refractivity (Wildman–Crippen MR) is 90.6 cm³/mol. The van der Waals surface area contributed by atoms with E-state index in [2.05, 4.69) is 11.4 Å². The lowest BCUT2D eigenvalue weighted by Gasteiger charge is -2.12. The van der Waals surface area contributed by atoms with Crippen LogP contribution in [0.1, 0.15) is 5.56 Å². The molecule has 2 aromatic rings. The minimum absolute atomic E-state index is 0.685. The van der Waals surface area contributed by atoms with Crippen molar-refractivity contribution in [2.24, 2.45) is 0 Å². The van der Waals surface area contributed by atoms with Gasteiger partial charge in [0, 0.05) is 40.0 Å². The van der Waals surface area contributed by atoms with Crippen molar-refractivity contribution in [2.75, 3.05) is 20.3 Å². The normalized spacial score (nSPS) is 10.8. The lowest BCUT2D eigenvalue weighted by atomic mass is 10.2. The summed E-state index contributed by atoms with van der Waals surface area (Å²) in [5.41, 5.74) is 1.11. The minimum Gasteiger partial charge on any atom is -0.383 e. The van der Waals surface area contributed by atoms with Gasteiger partial charge in [-0.1, -0.05) is 41.0 Å². The largest absolute Gasteiger partial charge is 0.383 e. The first kappa shape index (κ1) is 16.7. The molecule has 0 aliphatic rings. The summed E-state index contributed by atoms with van der Waals surface area (Å²) in [4.78, 5) is 2.29. The van der Waals surface area contributed by atoms with Gasteiger partial charge in [-0.2, -0.15) is 0 Å². The molecule has 0 saturated heterocycles. The Kier molecular flexibility index (Phi) is 6.87. The van der Waals surface area contributed by atoms with Crippen molar-refractivity contribution >= 4 is 35.0 Å². The van der Waals surface area contributed by atoms with E-state index in [4.69, 9.17) is 27.9 Å². The Morgan fingerprint density at radius 1 is 1.10 bits per heavy atom. The van der Waals surface area contributed by atoms with E-state index < -0.39 is 0 Å². The Hall–Kier alpha value is -0.710. The summed E-state index contributed by atoms with van der Waals surface area (Å²) >= 11 is 13.9. The Balaban J connectivity index is 2.11. The Bertz CT molecular complexity index is 575. The SMILES string of the molecule is COCCNCc1c(Cl)cccc1Sc1ccc(Cl)cc1. The summed E-state index contributed by atoms with van der Waals surface area (Å²) in [6, 6.07) is 13.8. The van der Waals surface area contributed by atoms with Gasteiger partial charge in [-0.3, -0.25) is 0 Å². The van der Waals surface area contributed by atoms with Crippen molar-refractivity contribution in [3.8, 4) is 0 Å². The van der Waals surface area contributed by atoms with E-state index in [0.29, 0.717) is 6.61 Å². The number of ether oxygens (including phenoxy) is 1. The zero-order valence-electron chi connectivity index (χ0n) is 11.7. The average Bonchev–Trinajstić information content (AvgIpc) is 2.48. The summed E-state index contributed by atoms with van der Waals surface area (Å²) in [7, 11) is 1.69. The van der Waals surface area contributed by atoms with Crippen LogP contribution in [0.2, 0.25) is 10.0 Å². The summed E-state index contributed by atoms with van der Waals surface area (Å²) in [5, 5.41) is 4.85. The monoisotopic (exact) mass is 341 g/mol. The number of rotatable bonds is 7. The van der Waals surface area contributed by atoms with Crippen LogP contribution in [0.3, 0.4) is 0 Å². The standard InChI is InChI=1S/C16H17Cl2NOS/c1-20-10-9-19-11-14-15(18)3-2-4-16(14)21-13-7-5-12(17)6-8-13/h2-8,19H,9-11H2,1H3. The maximum atomic E-state index is 6.33. The number of benzene rings is 2. The minimum atomic E-state index is 0.685. The van der Waals surface area contributed by atoms with Gasteiger partial charge in [0.1, 0.15) is 0 Å². The molecule has 0 heterocycles. The fourth-order valence-corrected chi connectivity index (χ4v) is 3.22. The first-order valence-corrected chi connectivity index (χ1v) is 8.18. The quantitative estimate of drug-likeness (QED) is 0.725. The summed E-state index contributed by atoms with van der Waals surface area (Å²) in [6.07, 6.45) is 0. The molecule has 21 heavy (non-hydrogen) atoms. The van der Waals surface area contributed by atoms with E-state index in [-0.39, 0.29) is 0 Å². The maximum Gasteiger partial charge on any atom is 0.0587 e. The van der Waals surface area contributed by atoms with Crippen molar-refractivity contribution in [1.29, 1.82) is 0 Å². The molecular weight excluding hydrogens is 325 g/mol. The molecule has 2 aromatic carbocycles. The fraction of sp³-hybridized carbons (Fsp3) is 0.250. The molecule has 0 aromatic heterocycles. The molecule has 0 bridgehead atoms. The predicted octanol–water partition coefficient (Wildman–Crippen LogP) is 4.88. The number of methoxy groups -OCH3 is 1. The van der Waals surface area contributed by atoms with Gasteiger partial charge in [0.05, 0.1) is 6.61 Å². The summed E-state index contributed by atoms with van der Waals surface area (Å²) in [6.45, 7) is 2.20. The second-order valence-electron chi connectivity index (χ2n) is 4.44. The van der Waals surface area contributed by atoms with Gasteiger partial charge in [-0.05, 0) is 42.0 Å². The van der Waals surface area contributed by atoms with Gasteiger partial charge in [0.15, 0.2) is 0 Å². The first-order valence-electron chi connectivity index (χ1n) is 6.61. The molecule has 0 saturated carbocycles. The molecule has 0 radical (unpaired) electrons. The molecule has 0 atom stereocenters. The highest BCUT2D eigenvalue weighted by Crippen LogP contribution is 2.34. The van der Waals surface area contributed by atoms with Crippen LogP contribution in [0.4, 0.5) is 0 Å². The fourth-order valence-electron chi connectivity index (χ4n) is 1.82. The van der Waals surface area contributed by atoms with Crippen molar-refractivity contribution in [3.63, 3.8) is 0 Å². The highest BCUT2D eigenvalue weighted by Gasteiger charge is 2.08. The van der Waals surface area contributed by atoms with Gasteiger partial charge >= 0.3 is 0 Å². The second kappa shape index (κ2) is 8.66. The first-order chi connectivity index (χ1) is 10.2. The second-order valence-corrected chi connectivity index (χ2v) is 6.40. The third-order valence-electron chi connectivity index (χ3n) is 2.90. The molecule has 112 valence electrons. The number of halogens is 2. The highest BCUT2D eigenvalue weighted by molar-refractivity contribution is 7.99. The van der Waals surface area contributed by atoms with Gasteiger partial charge < -0.3 is 10.1 Å². The van der Waals surface area contributed by atoms with Crippen LogP contribution in [0.5, 0.6) is 0 Å². The summed E-state index contributed by atoms with van der Waals surface area (Å²) < 4.78 is 5.03. The van der Waals surface area contributed by atoms with Crippen LogP contribution in [-0.2, 0) is 11.3 Å². The van der Waals surface area contributed by atoms with Crippen LogP contribution in [0.15, 0.2) is 52.3 Å².